The number of hydrogen-bond acceptors (Lipinski definition) is 2. The van der Waals surface area contributed by atoms with Crippen LogP contribution in [0.1, 0.15) is 36.5 Å². The van der Waals surface area contributed by atoms with E-state index in [1.54, 1.807) is 7.11 Å². The third-order valence-electron chi connectivity index (χ3n) is 3.50. The smallest absolute Gasteiger partial charge is 0.123 e. The van der Waals surface area contributed by atoms with Crippen molar-refractivity contribution in [1.29, 1.82) is 0 Å². The molecule has 0 aliphatic rings. The molecule has 0 heterocycles. The van der Waals surface area contributed by atoms with Gasteiger partial charge in [0.15, 0.2) is 0 Å². The van der Waals surface area contributed by atoms with Gasteiger partial charge in [-0.05, 0) is 36.6 Å². The first kappa shape index (κ1) is 14.4. The van der Waals surface area contributed by atoms with Crippen LogP contribution < -0.4 is 10.1 Å². The highest BCUT2D eigenvalue weighted by molar-refractivity contribution is 5.47. The SMILES string of the molecule is COc1ccc(C)cc1CNc1ccc(C(C)C)cc1. The number of rotatable bonds is 5. The van der Waals surface area contributed by atoms with Crippen LogP contribution in [0.2, 0.25) is 0 Å². The highest BCUT2D eigenvalue weighted by atomic mass is 16.5. The molecule has 1 N–H and O–H groups in total. The van der Waals surface area contributed by atoms with Crippen LogP contribution in [0.15, 0.2) is 42.5 Å². The molecule has 0 saturated carbocycles. The van der Waals surface area contributed by atoms with E-state index in [4.69, 9.17) is 4.74 Å². The van der Waals surface area contributed by atoms with E-state index in [-0.39, 0.29) is 0 Å². The van der Waals surface area contributed by atoms with Gasteiger partial charge < -0.3 is 10.1 Å². The van der Waals surface area contributed by atoms with E-state index in [9.17, 15) is 0 Å². The molecular formula is C18H23NO. The molecule has 0 unspecified atom stereocenters. The number of aryl methyl sites for hydroxylation is 1. The van der Waals surface area contributed by atoms with Crippen LogP contribution in [-0.2, 0) is 6.54 Å². The number of ether oxygens (including phenoxy) is 1. The Labute approximate surface area is 121 Å². The standard InChI is InChI=1S/C18H23NO/c1-13(2)15-6-8-17(9-7-15)19-12-16-11-14(3)5-10-18(16)20-4/h5-11,13,19H,12H2,1-4H3. The Morgan fingerprint density at radius 2 is 1.75 bits per heavy atom. The molecule has 2 rings (SSSR count). The van der Waals surface area contributed by atoms with Gasteiger partial charge in [0.25, 0.3) is 0 Å². The van der Waals surface area contributed by atoms with Crippen molar-refractivity contribution >= 4 is 5.69 Å². The maximum absolute atomic E-state index is 5.40. The van der Waals surface area contributed by atoms with Crippen molar-refractivity contribution in [2.45, 2.75) is 33.2 Å². The maximum atomic E-state index is 5.40. The first-order valence-corrected chi connectivity index (χ1v) is 7.07. The molecule has 20 heavy (non-hydrogen) atoms. The van der Waals surface area contributed by atoms with Crippen molar-refractivity contribution in [2.75, 3.05) is 12.4 Å². The summed E-state index contributed by atoms with van der Waals surface area (Å²) in [4.78, 5) is 0. The Bertz CT molecular complexity index is 558. The first-order valence-electron chi connectivity index (χ1n) is 7.07. The predicted molar refractivity (Wildman–Crippen MR) is 85.6 cm³/mol. The molecule has 2 aromatic rings. The predicted octanol–water partition coefficient (Wildman–Crippen LogP) is 4.74. The average Bonchev–Trinajstić information content (AvgIpc) is 2.45. The topological polar surface area (TPSA) is 21.3 Å². The van der Waals surface area contributed by atoms with Crippen LogP contribution in [0.5, 0.6) is 5.75 Å². The van der Waals surface area contributed by atoms with E-state index >= 15 is 0 Å². The molecule has 0 aromatic heterocycles. The van der Waals surface area contributed by atoms with Gasteiger partial charge in [-0.2, -0.15) is 0 Å². The lowest BCUT2D eigenvalue weighted by Gasteiger charge is -2.12. The summed E-state index contributed by atoms with van der Waals surface area (Å²) in [5, 5.41) is 3.45. The van der Waals surface area contributed by atoms with E-state index in [1.807, 2.05) is 6.07 Å². The summed E-state index contributed by atoms with van der Waals surface area (Å²) in [5.74, 6) is 1.50. The van der Waals surface area contributed by atoms with Crippen molar-refractivity contribution in [3.8, 4) is 5.75 Å². The summed E-state index contributed by atoms with van der Waals surface area (Å²) < 4.78 is 5.40. The van der Waals surface area contributed by atoms with E-state index in [1.165, 1.54) is 16.7 Å². The molecule has 2 aromatic carbocycles. The van der Waals surface area contributed by atoms with Gasteiger partial charge in [-0.25, -0.2) is 0 Å². The summed E-state index contributed by atoms with van der Waals surface area (Å²) >= 11 is 0. The molecule has 106 valence electrons. The summed E-state index contributed by atoms with van der Waals surface area (Å²) in [6, 6.07) is 14.9. The van der Waals surface area contributed by atoms with Crippen LogP contribution >= 0.6 is 0 Å². The lowest BCUT2D eigenvalue weighted by Crippen LogP contribution is -2.02. The Morgan fingerprint density at radius 1 is 1.05 bits per heavy atom. The van der Waals surface area contributed by atoms with Crippen LogP contribution in [0, 0.1) is 6.92 Å². The van der Waals surface area contributed by atoms with Crippen molar-refractivity contribution < 1.29 is 4.74 Å². The van der Waals surface area contributed by atoms with Gasteiger partial charge in [0.1, 0.15) is 5.75 Å². The zero-order valence-corrected chi connectivity index (χ0v) is 12.7. The Balaban J connectivity index is 2.06. The summed E-state index contributed by atoms with van der Waals surface area (Å²) in [6.07, 6.45) is 0. The minimum absolute atomic E-state index is 0.570. The van der Waals surface area contributed by atoms with Crippen LogP contribution in [0.3, 0.4) is 0 Å². The van der Waals surface area contributed by atoms with Crippen LogP contribution in [0.25, 0.3) is 0 Å². The molecule has 0 spiro atoms. The second-order valence-corrected chi connectivity index (χ2v) is 5.45. The molecule has 0 saturated heterocycles. The van der Waals surface area contributed by atoms with Gasteiger partial charge >= 0.3 is 0 Å². The van der Waals surface area contributed by atoms with Crippen molar-refractivity contribution in [3.63, 3.8) is 0 Å². The minimum atomic E-state index is 0.570. The van der Waals surface area contributed by atoms with Crippen LogP contribution in [-0.4, -0.2) is 7.11 Å². The zero-order chi connectivity index (χ0) is 14.5. The largest absolute Gasteiger partial charge is 0.496 e. The molecule has 0 bridgehead atoms. The maximum Gasteiger partial charge on any atom is 0.123 e. The van der Waals surface area contributed by atoms with E-state index in [2.05, 4.69) is 62.5 Å². The summed E-state index contributed by atoms with van der Waals surface area (Å²) in [5.41, 5.74) is 4.93. The monoisotopic (exact) mass is 269 g/mol. The third kappa shape index (κ3) is 3.53. The lowest BCUT2D eigenvalue weighted by atomic mass is 10.0. The summed E-state index contributed by atoms with van der Waals surface area (Å²) in [7, 11) is 1.71. The van der Waals surface area contributed by atoms with Gasteiger partial charge in [-0.3, -0.25) is 0 Å². The number of hydrogen-bond donors (Lipinski definition) is 1. The molecule has 2 nitrogen and oxygen atoms in total. The first-order chi connectivity index (χ1) is 9.60. The second kappa shape index (κ2) is 6.47. The fourth-order valence-corrected chi connectivity index (χ4v) is 2.23. The molecule has 0 fully saturated rings. The Kier molecular flexibility index (Phi) is 4.67. The van der Waals surface area contributed by atoms with Gasteiger partial charge in [0.2, 0.25) is 0 Å². The van der Waals surface area contributed by atoms with E-state index < -0.39 is 0 Å². The highest BCUT2D eigenvalue weighted by Crippen LogP contribution is 2.22. The molecule has 2 heteroatoms. The average molecular weight is 269 g/mol. The number of nitrogens with one attached hydrogen (secondary N) is 1. The van der Waals surface area contributed by atoms with E-state index in [0.29, 0.717) is 5.92 Å². The second-order valence-electron chi connectivity index (χ2n) is 5.45. The van der Waals surface area contributed by atoms with Crippen molar-refractivity contribution in [3.05, 3.63) is 59.2 Å². The number of benzene rings is 2. The number of methoxy groups -OCH3 is 1. The zero-order valence-electron chi connectivity index (χ0n) is 12.7. The van der Waals surface area contributed by atoms with Gasteiger partial charge in [-0.1, -0.05) is 43.7 Å². The fraction of sp³-hybridized carbons (Fsp3) is 0.333. The van der Waals surface area contributed by atoms with Crippen molar-refractivity contribution in [2.24, 2.45) is 0 Å². The fourth-order valence-electron chi connectivity index (χ4n) is 2.23. The Hall–Kier alpha value is -1.96. The van der Waals surface area contributed by atoms with Gasteiger partial charge in [-0.15, -0.1) is 0 Å². The quantitative estimate of drug-likeness (QED) is 0.846. The van der Waals surface area contributed by atoms with E-state index in [0.717, 1.165) is 18.0 Å². The number of anilines is 1. The molecule has 0 aliphatic carbocycles. The molecule has 0 radical (unpaired) electrons. The minimum Gasteiger partial charge on any atom is -0.496 e. The molecule has 0 aliphatic heterocycles. The van der Waals surface area contributed by atoms with Gasteiger partial charge in [0, 0.05) is 17.8 Å². The molecule has 0 atom stereocenters. The van der Waals surface area contributed by atoms with Gasteiger partial charge in [0.05, 0.1) is 7.11 Å². The highest BCUT2D eigenvalue weighted by Gasteiger charge is 2.03. The summed E-state index contributed by atoms with van der Waals surface area (Å²) in [6.45, 7) is 7.28. The molecular weight excluding hydrogens is 246 g/mol. The lowest BCUT2D eigenvalue weighted by molar-refractivity contribution is 0.410. The third-order valence-corrected chi connectivity index (χ3v) is 3.50. The Morgan fingerprint density at radius 3 is 2.35 bits per heavy atom. The molecule has 0 amide bonds. The van der Waals surface area contributed by atoms with Crippen molar-refractivity contribution in [1.82, 2.24) is 0 Å². The van der Waals surface area contributed by atoms with Crippen LogP contribution in [0.4, 0.5) is 5.69 Å². The normalized spacial score (nSPS) is 10.7.